The Labute approximate surface area is 82.7 Å². The van der Waals surface area contributed by atoms with Crippen molar-refractivity contribution in [1.29, 1.82) is 0 Å². The first-order valence-corrected chi connectivity index (χ1v) is 4.66. The van der Waals surface area contributed by atoms with Crippen molar-refractivity contribution in [2.45, 2.75) is 13.3 Å². The minimum Gasteiger partial charge on any atom is -0.396 e. The lowest BCUT2D eigenvalue weighted by Gasteiger charge is -2.08. The SMILES string of the molecule is CCc1nc2ccccc2c(N)c1N. The molecule has 1 aromatic carbocycles. The van der Waals surface area contributed by atoms with Crippen molar-refractivity contribution < 1.29 is 0 Å². The third-order valence-corrected chi connectivity index (χ3v) is 2.39. The van der Waals surface area contributed by atoms with E-state index in [0.717, 1.165) is 23.0 Å². The number of pyridine rings is 1. The molecule has 0 aliphatic heterocycles. The first-order chi connectivity index (χ1) is 6.74. The zero-order valence-corrected chi connectivity index (χ0v) is 8.12. The number of anilines is 2. The van der Waals surface area contributed by atoms with Gasteiger partial charge in [0.2, 0.25) is 0 Å². The predicted octanol–water partition coefficient (Wildman–Crippen LogP) is 1.96. The highest BCUT2D eigenvalue weighted by Crippen LogP contribution is 2.27. The fraction of sp³-hybridized carbons (Fsp3) is 0.182. The molecule has 0 spiro atoms. The Balaban J connectivity index is 2.85. The van der Waals surface area contributed by atoms with Gasteiger partial charge >= 0.3 is 0 Å². The summed E-state index contributed by atoms with van der Waals surface area (Å²) < 4.78 is 0. The van der Waals surface area contributed by atoms with Gasteiger partial charge in [0.15, 0.2) is 0 Å². The van der Waals surface area contributed by atoms with Gasteiger partial charge in [-0.05, 0) is 12.5 Å². The van der Waals surface area contributed by atoms with Crippen LogP contribution in [0.3, 0.4) is 0 Å². The summed E-state index contributed by atoms with van der Waals surface area (Å²) in [6, 6.07) is 7.77. The first kappa shape index (κ1) is 8.81. The van der Waals surface area contributed by atoms with Gasteiger partial charge in [0.25, 0.3) is 0 Å². The molecule has 0 saturated carbocycles. The maximum Gasteiger partial charge on any atom is 0.0773 e. The van der Waals surface area contributed by atoms with Crippen LogP contribution in [-0.4, -0.2) is 4.98 Å². The van der Waals surface area contributed by atoms with Gasteiger partial charge < -0.3 is 11.5 Å². The smallest absolute Gasteiger partial charge is 0.0773 e. The van der Waals surface area contributed by atoms with Crippen LogP contribution in [0.1, 0.15) is 12.6 Å². The number of nitrogens with zero attached hydrogens (tertiary/aromatic N) is 1. The molecule has 72 valence electrons. The van der Waals surface area contributed by atoms with Crippen LogP contribution in [0.5, 0.6) is 0 Å². The van der Waals surface area contributed by atoms with E-state index in [-0.39, 0.29) is 0 Å². The quantitative estimate of drug-likeness (QED) is 0.717. The number of rotatable bonds is 1. The van der Waals surface area contributed by atoms with E-state index < -0.39 is 0 Å². The minimum atomic E-state index is 0.617. The van der Waals surface area contributed by atoms with Crippen molar-refractivity contribution in [2.24, 2.45) is 0 Å². The fourth-order valence-electron chi connectivity index (χ4n) is 1.57. The number of nitrogen functional groups attached to an aromatic ring is 2. The van der Waals surface area contributed by atoms with Crippen LogP contribution in [0.4, 0.5) is 11.4 Å². The van der Waals surface area contributed by atoms with Crippen molar-refractivity contribution in [2.75, 3.05) is 11.5 Å². The highest BCUT2D eigenvalue weighted by Gasteiger charge is 2.07. The zero-order chi connectivity index (χ0) is 10.1. The Morgan fingerprint density at radius 3 is 2.57 bits per heavy atom. The second-order valence-electron chi connectivity index (χ2n) is 3.26. The Hall–Kier alpha value is -1.77. The summed E-state index contributed by atoms with van der Waals surface area (Å²) in [7, 11) is 0. The van der Waals surface area contributed by atoms with Gasteiger partial charge in [-0.1, -0.05) is 25.1 Å². The molecule has 0 bridgehead atoms. The van der Waals surface area contributed by atoms with Gasteiger partial charge in [-0.2, -0.15) is 0 Å². The number of nitrogens with two attached hydrogens (primary N) is 2. The molecule has 0 fully saturated rings. The Bertz CT molecular complexity index is 477. The third kappa shape index (κ3) is 1.18. The maximum atomic E-state index is 5.93. The van der Waals surface area contributed by atoms with E-state index in [0.29, 0.717) is 11.4 Å². The minimum absolute atomic E-state index is 0.617. The molecule has 3 heteroatoms. The molecule has 3 nitrogen and oxygen atoms in total. The zero-order valence-electron chi connectivity index (χ0n) is 8.12. The lowest BCUT2D eigenvalue weighted by molar-refractivity contribution is 1.06. The molecule has 1 aromatic heterocycles. The Morgan fingerprint density at radius 1 is 1.14 bits per heavy atom. The molecule has 0 aliphatic carbocycles. The van der Waals surface area contributed by atoms with Crippen molar-refractivity contribution >= 4 is 22.3 Å². The Morgan fingerprint density at radius 2 is 1.86 bits per heavy atom. The molecule has 2 aromatic rings. The molecule has 0 saturated heterocycles. The van der Waals surface area contributed by atoms with Gasteiger partial charge in [0.1, 0.15) is 0 Å². The lowest BCUT2D eigenvalue weighted by Crippen LogP contribution is -2.02. The van der Waals surface area contributed by atoms with Crippen molar-refractivity contribution in [1.82, 2.24) is 4.98 Å². The summed E-state index contributed by atoms with van der Waals surface area (Å²) in [5, 5.41) is 0.933. The number of aryl methyl sites for hydroxylation is 1. The van der Waals surface area contributed by atoms with Crippen LogP contribution in [0.2, 0.25) is 0 Å². The molecule has 2 rings (SSSR count). The highest BCUT2D eigenvalue weighted by molar-refractivity contribution is 5.96. The largest absolute Gasteiger partial charge is 0.396 e. The number of aromatic nitrogens is 1. The van der Waals surface area contributed by atoms with E-state index >= 15 is 0 Å². The molecule has 0 atom stereocenters. The molecule has 0 unspecified atom stereocenters. The number of benzene rings is 1. The van der Waals surface area contributed by atoms with Crippen LogP contribution in [0.15, 0.2) is 24.3 Å². The summed E-state index contributed by atoms with van der Waals surface area (Å²) >= 11 is 0. The topological polar surface area (TPSA) is 64.9 Å². The summed E-state index contributed by atoms with van der Waals surface area (Å²) in [4.78, 5) is 4.45. The Kier molecular flexibility index (Phi) is 2.00. The summed E-state index contributed by atoms with van der Waals surface area (Å²) in [6.45, 7) is 2.02. The van der Waals surface area contributed by atoms with E-state index in [4.69, 9.17) is 11.5 Å². The highest BCUT2D eigenvalue weighted by atomic mass is 14.8. The number of hydrogen-bond acceptors (Lipinski definition) is 3. The molecule has 0 aliphatic rings. The average molecular weight is 187 g/mol. The van der Waals surface area contributed by atoms with E-state index in [1.54, 1.807) is 0 Å². The fourth-order valence-corrected chi connectivity index (χ4v) is 1.57. The van der Waals surface area contributed by atoms with Crippen LogP contribution in [0.25, 0.3) is 10.9 Å². The number of hydrogen-bond donors (Lipinski definition) is 2. The van der Waals surface area contributed by atoms with Gasteiger partial charge in [0, 0.05) is 5.39 Å². The van der Waals surface area contributed by atoms with Crippen LogP contribution in [-0.2, 0) is 6.42 Å². The molecule has 0 radical (unpaired) electrons. The van der Waals surface area contributed by atoms with E-state index in [9.17, 15) is 0 Å². The van der Waals surface area contributed by atoms with Crippen molar-refractivity contribution in [3.05, 3.63) is 30.0 Å². The normalized spacial score (nSPS) is 10.6. The summed E-state index contributed by atoms with van der Waals surface area (Å²) in [6.07, 6.45) is 0.806. The van der Waals surface area contributed by atoms with Gasteiger partial charge in [-0.15, -0.1) is 0 Å². The predicted molar refractivity (Wildman–Crippen MR) is 59.9 cm³/mol. The second kappa shape index (κ2) is 3.18. The molecular weight excluding hydrogens is 174 g/mol. The molecule has 0 amide bonds. The molecular formula is C11H13N3. The maximum absolute atomic E-state index is 5.93. The molecule has 4 N–H and O–H groups in total. The number of fused-ring (bicyclic) bond motifs is 1. The van der Waals surface area contributed by atoms with Crippen molar-refractivity contribution in [3.63, 3.8) is 0 Å². The van der Waals surface area contributed by atoms with Gasteiger partial charge in [-0.3, -0.25) is 4.98 Å². The van der Waals surface area contributed by atoms with Crippen molar-refractivity contribution in [3.8, 4) is 0 Å². The van der Waals surface area contributed by atoms with Crippen LogP contribution >= 0.6 is 0 Å². The van der Waals surface area contributed by atoms with Gasteiger partial charge in [0.05, 0.1) is 22.6 Å². The first-order valence-electron chi connectivity index (χ1n) is 4.66. The lowest BCUT2D eigenvalue weighted by atomic mass is 10.1. The second-order valence-corrected chi connectivity index (χ2v) is 3.26. The van der Waals surface area contributed by atoms with Crippen LogP contribution in [0, 0.1) is 0 Å². The third-order valence-electron chi connectivity index (χ3n) is 2.39. The summed E-state index contributed by atoms with van der Waals surface area (Å²) in [5.74, 6) is 0. The van der Waals surface area contributed by atoms with Gasteiger partial charge in [-0.25, -0.2) is 0 Å². The molecule has 14 heavy (non-hydrogen) atoms. The van der Waals surface area contributed by atoms with E-state index in [1.165, 1.54) is 0 Å². The number of para-hydroxylation sites is 1. The van der Waals surface area contributed by atoms with E-state index in [1.807, 2.05) is 31.2 Å². The van der Waals surface area contributed by atoms with E-state index in [2.05, 4.69) is 4.98 Å². The molecule has 1 heterocycles. The average Bonchev–Trinajstić information content (AvgIpc) is 2.23. The van der Waals surface area contributed by atoms with Crippen LogP contribution < -0.4 is 11.5 Å². The monoisotopic (exact) mass is 187 g/mol. The summed E-state index contributed by atoms with van der Waals surface area (Å²) in [5.41, 5.74) is 14.9. The standard InChI is InChI=1S/C11H13N3/c1-2-8-11(13)10(12)7-5-3-4-6-9(7)14-8/h3-6H,2,13H2,1H3,(H2,12,14).